The fraction of sp³-hybridized carbons (Fsp3) is 0.500. The molecule has 0 N–H and O–H groups in total. The predicted octanol–water partition coefficient (Wildman–Crippen LogP) is 3.06. The zero-order valence-electron chi connectivity index (χ0n) is 10.2. The number of hydrogen-bond donors (Lipinski definition) is 0. The highest BCUT2D eigenvalue weighted by molar-refractivity contribution is 6.31. The molecule has 2 nitrogen and oxygen atoms in total. The van der Waals surface area contributed by atoms with E-state index in [0.29, 0.717) is 0 Å². The Labute approximate surface area is 108 Å². The van der Waals surface area contributed by atoms with Crippen LogP contribution in [-0.4, -0.2) is 24.3 Å². The topological polar surface area (TPSA) is 20.3 Å². The number of halogens is 1. The summed E-state index contributed by atoms with van der Waals surface area (Å²) in [6.07, 6.45) is 3.05. The molecule has 0 amide bonds. The van der Waals surface area contributed by atoms with Crippen LogP contribution in [-0.2, 0) is 11.3 Å². The van der Waals surface area contributed by atoms with Crippen molar-refractivity contribution in [1.29, 1.82) is 0 Å². The molecule has 0 spiro atoms. The number of rotatable bonds is 3. The van der Waals surface area contributed by atoms with Gasteiger partial charge >= 0.3 is 0 Å². The van der Waals surface area contributed by atoms with Crippen molar-refractivity contribution in [3.8, 4) is 0 Å². The lowest BCUT2D eigenvalue weighted by Crippen LogP contribution is -2.33. The molecule has 2 rings (SSSR count). The van der Waals surface area contributed by atoms with E-state index in [1.54, 1.807) is 0 Å². The van der Waals surface area contributed by atoms with Gasteiger partial charge in [0.15, 0.2) is 0 Å². The summed E-state index contributed by atoms with van der Waals surface area (Å²) in [5.41, 5.74) is 2.38. The third-order valence-corrected chi connectivity index (χ3v) is 3.78. The van der Waals surface area contributed by atoms with Crippen molar-refractivity contribution in [2.24, 2.45) is 5.92 Å². The smallest absolute Gasteiger partial charge is 0.123 e. The molecule has 0 radical (unpaired) electrons. The molecule has 1 aliphatic heterocycles. The Morgan fingerprint density at radius 1 is 1.41 bits per heavy atom. The summed E-state index contributed by atoms with van der Waals surface area (Å²) in [5.74, 6) is 0.264. The molecule has 0 saturated carbocycles. The van der Waals surface area contributed by atoms with Crippen molar-refractivity contribution in [3.63, 3.8) is 0 Å². The molecular formula is C14H18ClNO. The van der Waals surface area contributed by atoms with E-state index in [-0.39, 0.29) is 5.92 Å². The molecule has 1 saturated heterocycles. The van der Waals surface area contributed by atoms with Crippen molar-refractivity contribution in [1.82, 2.24) is 4.90 Å². The minimum atomic E-state index is 0.264. The molecular weight excluding hydrogens is 234 g/mol. The summed E-state index contributed by atoms with van der Waals surface area (Å²) in [6.45, 7) is 4.93. The van der Waals surface area contributed by atoms with Crippen LogP contribution in [0, 0.1) is 12.8 Å². The Hall–Kier alpha value is -0.860. The van der Waals surface area contributed by atoms with Gasteiger partial charge in [0, 0.05) is 17.5 Å². The van der Waals surface area contributed by atoms with E-state index in [4.69, 9.17) is 11.6 Å². The van der Waals surface area contributed by atoms with Crippen molar-refractivity contribution in [2.75, 3.05) is 13.1 Å². The Balaban J connectivity index is 1.95. The van der Waals surface area contributed by atoms with Gasteiger partial charge in [-0.2, -0.15) is 0 Å². The van der Waals surface area contributed by atoms with Gasteiger partial charge in [0.2, 0.25) is 0 Å². The average Bonchev–Trinajstić information content (AvgIpc) is 2.34. The number of piperidine rings is 1. The number of aryl methyl sites for hydroxylation is 1. The Bertz CT molecular complexity index is 397. The van der Waals surface area contributed by atoms with Gasteiger partial charge < -0.3 is 4.79 Å². The standard InChI is InChI=1S/C14H18ClNO/c1-11-2-3-13(14(15)8-11)9-16-6-4-12(10-17)5-7-16/h2-3,8,10,12H,4-7,9H2,1H3. The van der Waals surface area contributed by atoms with Crippen LogP contribution in [0.3, 0.4) is 0 Å². The summed E-state index contributed by atoms with van der Waals surface area (Å²) >= 11 is 6.22. The molecule has 0 unspecified atom stereocenters. The molecule has 1 aliphatic rings. The second-order valence-electron chi connectivity index (χ2n) is 4.84. The lowest BCUT2D eigenvalue weighted by molar-refractivity contribution is -0.112. The zero-order valence-corrected chi connectivity index (χ0v) is 10.9. The fourth-order valence-corrected chi connectivity index (χ4v) is 2.56. The highest BCUT2D eigenvalue weighted by Gasteiger charge is 2.18. The molecule has 3 heteroatoms. The zero-order chi connectivity index (χ0) is 12.3. The van der Waals surface area contributed by atoms with Gasteiger partial charge in [-0.25, -0.2) is 0 Å². The number of likely N-dealkylation sites (tertiary alicyclic amines) is 1. The normalized spacial score (nSPS) is 18.2. The minimum absolute atomic E-state index is 0.264. The van der Waals surface area contributed by atoms with E-state index < -0.39 is 0 Å². The lowest BCUT2D eigenvalue weighted by atomic mass is 9.98. The monoisotopic (exact) mass is 251 g/mol. The van der Waals surface area contributed by atoms with Gasteiger partial charge in [-0.3, -0.25) is 4.90 Å². The van der Waals surface area contributed by atoms with E-state index in [2.05, 4.69) is 17.0 Å². The summed E-state index contributed by atoms with van der Waals surface area (Å²) in [5, 5.41) is 0.850. The number of carbonyl (C=O) groups excluding carboxylic acids is 1. The number of aldehydes is 1. The molecule has 1 heterocycles. The van der Waals surface area contributed by atoms with Crippen LogP contribution in [0.25, 0.3) is 0 Å². The largest absolute Gasteiger partial charge is 0.303 e. The Kier molecular flexibility index (Phi) is 4.19. The van der Waals surface area contributed by atoms with Crippen LogP contribution in [0.1, 0.15) is 24.0 Å². The highest BCUT2D eigenvalue weighted by Crippen LogP contribution is 2.22. The lowest BCUT2D eigenvalue weighted by Gasteiger charge is -2.29. The second-order valence-corrected chi connectivity index (χ2v) is 5.25. The van der Waals surface area contributed by atoms with Gasteiger partial charge in [-0.15, -0.1) is 0 Å². The van der Waals surface area contributed by atoms with Crippen LogP contribution < -0.4 is 0 Å². The molecule has 1 aromatic carbocycles. The molecule has 1 fully saturated rings. The first-order valence-electron chi connectivity index (χ1n) is 6.11. The minimum Gasteiger partial charge on any atom is -0.303 e. The highest BCUT2D eigenvalue weighted by atomic mass is 35.5. The third kappa shape index (κ3) is 3.30. The van der Waals surface area contributed by atoms with Gasteiger partial charge in [-0.05, 0) is 50.0 Å². The summed E-state index contributed by atoms with van der Waals surface area (Å²) in [4.78, 5) is 13.0. The Morgan fingerprint density at radius 3 is 2.71 bits per heavy atom. The van der Waals surface area contributed by atoms with E-state index in [9.17, 15) is 4.79 Å². The summed E-state index contributed by atoms with van der Waals surface area (Å²) in [7, 11) is 0. The molecule has 0 bridgehead atoms. The first-order chi connectivity index (χ1) is 8.19. The SMILES string of the molecule is Cc1ccc(CN2CCC(C=O)CC2)c(Cl)c1. The van der Waals surface area contributed by atoms with Crippen LogP contribution in [0.4, 0.5) is 0 Å². The number of benzene rings is 1. The van der Waals surface area contributed by atoms with Crippen molar-refractivity contribution >= 4 is 17.9 Å². The predicted molar refractivity (Wildman–Crippen MR) is 70.3 cm³/mol. The van der Waals surface area contributed by atoms with Gasteiger partial charge in [-0.1, -0.05) is 23.7 Å². The Morgan fingerprint density at radius 2 is 2.12 bits per heavy atom. The van der Waals surface area contributed by atoms with Crippen molar-refractivity contribution in [2.45, 2.75) is 26.3 Å². The van der Waals surface area contributed by atoms with E-state index in [1.807, 2.05) is 13.0 Å². The summed E-state index contributed by atoms with van der Waals surface area (Å²) in [6, 6.07) is 6.21. The van der Waals surface area contributed by atoms with Gasteiger partial charge in [0.05, 0.1) is 0 Å². The van der Waals surface area contributed by atoms with Gasteiger partial charge in [0.1, 0.15) is 6.29 Å². The molecule has 0 atom stereocenters. The molecule has 92 valence electrons. The molecule has 1 aromatic rings. The van der Waals surface area contributed by atoms with Crippen LogP contribution >= 0.6 is 11.6 Å². The first kappa shape index (κ1) is 12.6. The second kappa shape index (κ2) is 5.65. The maximum atomic E-state index is 10.7. The number of nitrogens with zero attached hydrogens (tertiary/aromatic N) is 1. The molecule has 17 heavy (non-hydrogen) atoms. The van der Waals surface area contributed by atoms with Crippen molar-refractivity contribution in [3.05, 3.63) is 34.3 Å². The molecule has 0 aliphatic carbocycles. The number of carbonyl (C=O) groups is 1. The van der Waals surface area contributed by atoms with Crippen LogP contribution in [0.15, 0.2) is 18.2 Å². The van der Waals surface area contributed by atoms with Crippen LogP contribution in [0.2, 0.25) is 5.02 Å². The quantitative estimate of drug-likeness (QED) is 0.770. The van der Waals surface area contributed by atoms with E-state index in [0.717, 1.165) is 43.8 Å². The fourth-order valence-electron chi connectivity index (χ4n) is 2.27. The first-order valence-corrected chi connectivity index (χ1v) is 6.49. The summed E-state index contributed by atoms with van der Waals surface area (Å²) < 4.78 is 0. The van der Waals surface area contributed by atoms with Crippen LogP contribution in [0.5, 0.6) is 0 Å². The van der Waals surface area contributed by atoms with E-state index >= 15 is 0 Å². The number of hydrogen-bond acceptors (Lipinski definition) is 2. The average molecular weight is 252 g/mol. The molecule has 0 aromatic heterocycles. The maximum Gasteiger partial charge on any atom is 0.123 e. The maximum absolute atomic E-state index is 10.7. The van der Waals surface area contributed by atoms with Crippen molar-refractivity contribution < 1.29 is 4.79 Å². The van der Waals surface area contributed by atoms with E-state index in [1.165, 1.54) is 11.1 Å². The third-order valence-electron chi connectivity index (χ3n) is 3.43. The van der Waals surface area contributed by atoms with Gasteiger partial charge in [0.25, 0.3) is 0 Å².